The molecule has 0 aliphatic heterocycles. The number of hydrogen-bond donors (Lipinski definition) is 1. The predicted molar refractivity (Wildman–Crippen MR) is 77.8 cm³/mol. The van der Waals surface area contributed by atoms with Gasteiger partial charge in [0.15, 0.2) is 0 Å². The van der Waals surface area contributed by atoms with Crippen molar-refractivity contribution in [1.82, 2.24) is 4.98 Å². The topological polar surface area (TPSA) is 38.9 Å². The minimum atomic E-state index is 0.210. The van der Waals surface area contributed by atoms with E-state index in [-0.39, 0.29) is 5.41 Å². The fraction of sp³-hybridized carbons (Fsp3) is 0.417. The number of halogens is 1. The highest BCUT2D eigenvalue weighted by molar-refractivity contribution is 9.11. The van der Waals surface area contributed by atoms with E-state index >= 15 is 0 Å². The fourth-order valence-electron chi connectivity index (χ4n) is 1.95. The quantitative estimate of drug-likeness (QED) is 0.926. The van der Waals surface area contributed by atoms with Crippen molar-refractivity contribution in [2.75, 3.05) is 6.54 Å². The summed E-state index contributed by atoms with van der Waals surface area (Å²) in [4.78, 5) is 7.37. The van der Waals surface area contributed by atoms with Crippen LogP contribution in [0.4, 0.5) is 0 Å². The van der Waals surface area contributed by atoms with Gasteiger partial charge in [0.25, 0.3) is 0 Å². The highest BCUT2D eigenvalue weighted by atomic mass is 79.9. The number of aryl methyl sites for hydroxylation is 1. The molecule has 0 amide bonds. The summed E-state index contributed by atoms with van der Waals surface area (Å²) in [7, 11) is 0. The van der Waals surface area contributed by atoms with Gasteiger partial charge >= 0.3 is 0 Å². The Labute approximate surface area is 117 Å². The van der Waals surface area contributed by atoms with Gasteiger partial charge < -0.3 is 5.73 Å². The van der Waals surface area contributed by atoms with Crippen LogP contribution in [0.5, 0.6) is 0 Å². The van der Waals surface area contributed by atoms with Gasteiger partial charge in [-0.15, -0.1) is 22.7 Å². The lowest BCUT2D eigenvalue weighted by Crippen LogP contribution is -2.19. The van der Waals surface area contributed by atoms with Crippen molar-refractivity contribution in [3.05, 3.63) is 25.8 Å². The minimum Gasteiger partial charge on any atom is -0.329 e. The fourth-order valence-corrected chi connectivity index (χ4v) is 4.63. The second kappa shape index (κ2) is 4.16. The molecule has 1 aliphatic rings. The molecule has 1 saturated carbocycles. The highest BCUT2D eigenvalue weighted by Gasteiger charge is 2.46. The van der Waals surface area contributed by atoms with E-state index in [2.05, 4.69) is 35.0 Å². The predicted octanol–water partition coefficient (Wildman–Crippen LogP) is 3.93. The van der Waals surface area contributed by atoms with Crippen molar-refractivity contribution >= 4 is 38.6 Å². The molecule has 0 spiro atoms. The van der Waals surface area contributed by atoms with E-state index in [0.717, 1.165) is 16.0 Å². The number of nitrogens with two attached hydrogens (primary N) is 1. The van der Waals surface area contributed by atoms with Gasteiger partial charge in [0.2, 0.25) is 0 Å². The van der Waals surface area contributed by atoms with Gasteiger partial charge in [-0.2, -0.15) is 0 Å². The summed E-state index contributed by atoms with van der Waals surface area (Å²) in [5, 5.41) is 1.23. The second-order valence-corrected chi connectivity index (χ2v) is 8.18. The molecule has 2 aromatic heterocycles. The molecule has 3 rings (SSSR count). The van der Waals surface area contributed by atoms with Gasteiger partial charge in [-0.25, -0.2) is 4.98 Å². The number of thiophene rings is 1. The van der Waals surface area contributed by atoms with Crippen LogP contribution in [-0.4, -0.2) is 11.5 Å². The monoisotopic (exact) mass is 328 g/mol. The maximum Gasteiger partial charge on any atom is 0.101 e. The van der Waals surface area contributed by atoms with Crippen LogP contribution >= 0.6 is 38.6 Å². The zero-order valence-electron chi connectivity index (χ0n) is 9.50. The van der Waals surface area contributed by atoms with Crippen LogP contribution in [0.2, 0.25) is 0 Å². The normalized spacial score (nSPS) is 17.4. The summed E-state index contributed by atoms with van der Waals surface area (Å²) >= 11 is 7.05. The van der Waals surface area contributed by atoms with Crippen LogP contribution < -0.4 is 5.73 Å². The Morgan fingerprint density at radius 1 is 1.41 bits per heavy atom. The zero-order chi connectivity index (χ0) is 12.0. The molecule has 2 nitrogen and oxygen atoms in total. The molecule has 0 bridgehead atoms. The van der Waals surface area contributed by atoms with E-state index < -0.39 is 0 Å². The van der Waals surface area contributed by atoms with Crippen LogP contribution in [-0.2, 0) is 5.41 Å². The summed E-state index contributed by atoms with van der Waals surface area (Å²) in [6.45, 7) is 2.88. The number of hydrogen-bond acceptors (Lipinski definition) is 4. The Hall–Kier alpha value is -0.230. The number of aromatic nitrogens is 1. The lowest BCUT2D eigenvalue weighted by atomic mass is 10.1. The summed E-state index contributed by atoms with van der Waals surface area (Å²) in [6.07, 6.45) is 2.40. The minimum absolute atomic E-state index is 0.210. The molecule has 5 heteroatoms. The summed E-state index contributed by atoms with van der Waals surface area (Å²) < 4.78 is 1.15. The van der Waals surface area contributed by atoms with Gasteiger partial charge in [-0.3, -0.25) is 0 Å². The van der Waals surface area contributed by atoms with Crippen LogP contribution in [0.15, 0.2) is 15.9 Å². The molecule has 0 radical (unpaired) electrons. The average Bonchev–Trinajstić information content (AvgIpc) is 2.85. The molecule has 0 aromatic carbocycles. The van der Waals surface area contributed by atoms with Crippen LogP contribution in [0.1, 0.15) is 22.7 Å². The van der Waals surface area contributed by atoms with Gasteiger partial charge in [0.1, 0.15) is 5.01 Å². The molecule has 0 unspecified atom stereocenters. The largest absolute Gasteiger partial charge is 0.329 e. The first-order chi connectivity index (χ1) is 8.14. The lowest BCUT2D eigenvalue weighted by molar-refractivity contribution is 0.698. The van der Waals surface area contributed by atoms with Crippen LogP contribution in [0, 0.1) is 6.92 Å². The third kappa shape index (κ3) is 1.99. The second-order valence-electron chi connectivity index (χ2n) is 4.51. The Kier molecular flexibility index (Phi) is 2.89. The van der Waals surface area contributed by atoms with E-state index in [1.807, 2.05) is 11.3 Å². The SMILES string of the molecule is Cc1sc(C2(CN)CC2)nc1-c1ccc(Br)s1. The standard InChI is InChI=1S/C12H13BrN2S2/c1-7-10(8-2-3-9(13)17-8)15-11(16-7)12(6-14)4-5-12/h2-3H,4-6,14H2,1H3. The molecule has 90 valence electrons. The van der Waals surface area contributed by atoms with Crippen molar-refractivity contribution in [3.63, 3.8) is 0 Å². The molecule has 2 heterocycles. The first-order valence-electron chi connectivity index (χ1n) is 5.58. The number of thiazole rings is 1. The number of rotatable bonds is 3. The van der Waals surface area contributed by atoms with Gasteiger partial charge in [-0.05, 0) is 47.8 Å². The van der Waals surface area contributed by atoms with E-state index in [9.17, 15) is 0 Å². The third-order valence-corrected chi connectivity index (χ3v) is 6.15. The van der Waals surface area contributed by atoms with E-state index in [4.69, 9.17) is 10.7 Å². The molecule has 0 atom stereocenters. The maximum absolute atomic E-state index is 5.86. The zero-order valence-corrected chi connectivity index (χ0v) is 12.7. The first kappa shape index (κ1) is 11.8. The van der Waals surface area contributed by atoms with E-state index in [0.29, 0.717) is 0 Å². The number of nitrogens with zero attached hydrogens (tertiary/aromatic N) is 1. The van der Waals surface area contributed by atoms with Crippen molar-refractivity contribution in [2.45, 2.75) is 25.2 Å². The average molecular weight is 329 g/mol. The summed E-state index contributed by atoms with van der Waals surface area (Å²) in [5.41, 5.74) is 7.21. The molecule has 2 aromatic rings. The van der Waals surface area contributed by atoms with Gasteiger partial charge in [0.05, 0.1) is 14.4 Å². The Morgan fingerprint density at radius 3 is 2.71 bits per heavy atom. The molecular weight excluding hydrogens is 316 g/mol. The maximum atomic E-state index is 5.86. The Morgan fingerprint density at radius 2 is 2.18 bits per heavy atom. The van der Waals surface area contributed by atoms with Crippen LogP contribution in [0.25, 0.3) is 10.6 Å². The first-order valence-corrected chi connectivity index (χ1v) is 8.01. The molecule has 17 heavy (non-hydrogen) atoms. The third-order valence-electron chi connectivity index (χ3n) is 3.30. The molecular formula is C12H13BrN2S2. The van der Waals surface area contributed by atoms with Gasteiger partial charge in [-0.1, -0.05) is 0 Å². The smallest absolute Gasteiger partial charge is 0.101 e. The summed E-state index contributed by atoms with van der Waals surface area (Å²) in [5.74, 6) is 0. The van der Waals surface area contributed by atoms with Crippen molar-refractivity contribution in [3.8, 4) is 10.6 Å². The van der Waals surface area contributed by atoms with Crippen molar-refractivity contribution in [1.29, 1.82) is 0 Å². The molecule has 0 saturated heterocycles. The Bertz CT molecular complexity index is 555. The van der Waals surface area contributed by atoms with Crippen molar-refractivity contribution < 1.29 is 0 Å². The summed E-state index contributed by atoms with van der Waals surface area (Å²) in [6, 6.07) is 4.21. The molecule has 1 fully saturated rings. The van der Waals surface area contributed by atoms with E-state index in [1.165, 1.54) is 27.6 Å². The lowest BCUT2D eigenvalue weighted by Gasteiger charge is -2.06. The molecule has 2 N–H and O–H groups in total. The van der Waals surface area contributed by atoms with Crippen LogP contribution in [0.3, 0.4) is 0 Å². The van der Waals surface area contributed by atoms with E-state index in [1.54, 1.807) is 11.3 Å². The highest BCUT2D eigenvalue weighted by Crippen LogP contribution is 2.50. The van der Waals surface area contributed by atoms with Gasteiger partial charge in [0, 0.05) is 16.8 Å². The van der Waals surface area contributed by atoms with Crippen molar-refractivity contribution in [2.24, 2.45) is 5.73 Å². The molecule has 1 aliphatic carbocycles. The Balaban J connectivity index is 2.02.